The Morgan fingerprint density at radius 1 is 1.62 bits per heavy atom. The van der Waals surface area contributed by atoms with E-state index >= 15 is 0 Å². The molecule has 0 saturated carbocycles. The summed E-state index contributed by atoms with van der Waals surface area (Å²) in [5.74, 6) is 0. The number of rotatable bonds is 1. The lowest BCUT2D eigenvalue weighted by Crippen LogP contribution is -2.09. The van der Waals surface area contributed by atoms with E-state index in [2.05, 4.69) is 20.9 Å². The summed E-state index contributed by atoms with van der Waals surface area (Å²) < 4.78 is 12.3. The average Bonchev–Trinajstić information content (AvgIpc) is 2.01. The van der Waals surface area contributed by atoms with Crippen LogP contribution < -0.4 is 5.30 Å². The zero-order valence-electron chi connectivity index (χ0n) is 7.28. The quantitative estimate of drug-likeness (QED) is 0.572. The first-order chi connectivity index (χ1) is 5.95. The van der Waals surface area contributed by atoms with Gasteiger partial charge in [0.2, 0.25) is 0 Å². The first kappa shape index (κ1) is 10.4. The van der Waals surface area contributed by atoms with Crippen molar-refractivity contribution in [2.45, 2.75) is 0 Å². The van der Waals surface area contributed by atoms with Crippen molar-refractivity contribution in [1.82, 2.24) is 4.98 Å². The highest BCUT2D eigenvalue weighted by molar-refractivity contribution is 9.10. The van der Waals surface area contributed by atoms with Crippen LogP contribution in [-0.2, 0) is 4.57 Å². The molecular weight excluding hydrogens is 251 g/mol. The number of nitriles is 1. The van der Waals surface area contributed by atoms with Gasteiger partial charge in [-0.1, -0.05) is 0 Å². The van der Waals surface area contributed by atoms with Crippen molar-refractivity contribution in [3.05, 3.63) is 22.4 Å². The maximum atomic E-state index is 11.7. The fraction of sp³-hybridized carbons (Fsp3) is 0.250. The minimum Gasteiger partial charge on any atom is -0.319 e. The van der Waals surface area contributed by atoms with Gasteiger partial charge in [0.1, 0.15) is 17.8 Å². The van der Waals surface area contributed by atoms with Crippen LogP contribution >= 0.6 is 23.1 Å². The summed E-state index contributed by atoms with van der Waals surface area (Å²) in [6, 6.07) is 3.58. The number of hydrogen-bond acceptors (Lipinski definition) is 3. The van der Waals surface area contributed by atoms with Gasteiger partial charge >= 0.3 is 0 Å². The molecule has 5 heteroatoms. The molecule has 0 aliphatic heterocycles. The summed E-state index contributed by atoms with van der Waals surface area (Å²) in [4.78, 5) is 3.95. The molecule has 0 aliphatic carbocycles. The van der Waals surface area contributed by atoms with Crippen LogP contribution in [0, 0.1) is 11.3 Å². The van der Waals surface area contributed by atoms with Gasteiger partial charge in [-0.05, 0) is 35.3 Å². The molecule has 13 heavy (non-hydrogen) atoms. The summed E-state index contributed by atoms with van der Waals surface area (Å²) in [6.07, 6.45) is 1.49. The number of hydrogen-bond donors (Lipinski definition) is 0. The van der Waals surface area contributed by atoms with Gasteiger partial charge in [0, 0.05) is 11.5 Å². The third-order valence-corrected chi connectivity index (χ3v) is 3.50. The van der Waals surface area contributed by atoms with E-state index in [1.165, 1.54) is 6.20 Å². The molecule has 0 unspecified atom stereocenters. The van der Waals surface area contributed by atoms with Crippen LogP contribution in [0.1, 0.15) is 5.56 Å². The second-order valence-corrected chi connectivity index (χ2v) is 6.98. The van der Waals surface area contributed by atoms with Gasteiger partial charge in [-0.15, -0.1) is 0 Å². The molecule has 68 valence electrons. The van der Waals surface area contributed by atoms with E-state index in [1.54, 1.807) is 19.4 Å². The zero-order chi connectivity index (χ0) is 10.1. The molecule has 0 N–H and O–H groups in total. The summed E-state index contributed by atoms with van der Waals surface area (Å²) in [6.45, 7) is 3.25. The molecule has 0 radical (unpaired) electrons. The summed E-state index contributed by atoms with van der Waals surface area (Å²) >= 11 is 3.15. The zero-order valence-corrected chi connectivity index (χ0v) is 9.76. The van der Waals surface area contributed by atoms with E-state index < -0.39 is 7.14 Å². The Morgan fingerprint density at radius 3 is 2.69 bits per heavy atom. The SMILES string of the molecule is CP(C)(=O)c1cnc(Br)cc1C#N. The number of pyridine rings is 1. The van der Waals surface area contributed by atoms with Crippen LogP contribution in [0.4, 0.5) is 0 Å². The molecule has 0 aliphatic rings. The predicted octanol–water partition coefficient (Wildman–Crippen LogP) is 1.96. The van der Waals surface area contributed by atoms with E-state index in [9.17, 15) is 4.57 Å². The highest BCUT2D eigenvalue weighted by atomic mass is 79.9. The maximum Gasteiger partial charge on any atom is 0.112 e. The second-order valence-electron chi connectivity index (χ2n) is 2.99. The van der Waals surface area contributed by atoms with Gasteiger partial charge in [0.05, 0.1) is 5.56 Å². The van der Waals surface area contributed by atoms with Gasteiger partial charge in [0.15, 0.2) is 0 Å². The highest BCUT2D eigenvalue weighted by Gasteiger charge is 2.16. The smallest absolute Gasteiger partial charge is 0.112 e. The molecule has 0 fully saturated rings. The minimum absolute atomic E-state index is 0.426. The minimum atomic E-state index is -2.40. The Hall–Kier alpha value is -0.650. The average molecular weight is 259 g/mol. The first-order valence-corrected chi connectivity index (χ1v) is 6.96. The molecule has 1 rings (SSSR count). The molecule has 0 atom stereocenters. The van der Waals surface area contributed by atoms with E-state index in [0.29, 0.717) is 15.5 Å². The maximum absolute atomic E-state index is 11.7. The molecule has 0 saturated heterocycles. The van der Waals surface area contributed by atoms with Crippen molar-refractivity contribution in [2.75, 3.05) is 13.3 Å². The summed E-state index contributed by atoms with van der Waals surface area (Å²) in [5, 5.41) is 9.33. The van der Waals surface area contributed by atoms with Gasteiger partial charge in [0.25, 0.3) is 0 Å². The van der Waals surface area contributed by atoms with E-state index in [1.807, 2.05) is 6.07 Å². The topological polar surface area (TPSA) is 53.8 Å². The van der Waals surface area contributed by atoms with Crippen molar-refractivity contribution in [1.29, 1.82) is 5.26 Å². The number of nitrogens with zero attached hydrogens (tertiary/aromatic N) is 2. The lowest BCUT2D eigenvalue weighted by molar-refractivity contribution is 0.588. The van der Waals surface area contributed by atoms with Crippen LogP contribution in [0.2, 0.25) is 0 Å². The first-order valence-electron chi connectivity index (χ1n) is 3.56. The highest BCUT2D eigenvalue weighted by Crippen LogP contribution is 2.35. The standard InChI is InChI=1S/C8H8BrN2OP/c1-13(2,12)7-5-11-8(9)3-6(7)4-10/h3,5H,1-2H3. The van der Waals surface area contributed by atoms with Crippen molar-refractivity contribution in [2.24, 2.45) is 0 Å². The van der Waals surface area contributed by atoms with Crippen molar-refractivity contribution in [3.63, 3.8) is 0 Å². The summed E-state index contributed by atoms with van der Waals surface area (Å²) in [7, 11) is -2.40. The monoisotopic (exact) mass is 258 g/mol. The van der Waals surface area contributed by atoms with Crippen LogP contribution in [0.3, 0.4) is 0 Å². The predicted molar refractivity (Wildman–Crippen MR) is 55.7 cm³/mol. The van der Waals surface area contributed by atoms with E-state index in [4.69, 9.17) is 5.26 Å². The van der Waals surface area contributed by atoms with Crippen LogP contribution in [0.25, 0.3) is 0 Å². The molecule has 1 aromatic heterocycles. The Kier molecular flexibility index (Phi) is 2.90. The molecular formula is C8H8BrN2OP. The lowest BCUT2D eigenvalue weighted by atomic mass is 10.3. The second kappa shape index (κ2) is 3.61. The van der Waals surface area contributed by atoms with Crippen molar-refractivity contribution in [3.8, 4) is 6.07 Å². The molecule has 0 amide bonds. The van der Waals surface area contributed by atoms with Crippen LogP contribution in [0.15, 0.2) is 16.9 Å². The summed E-state index contributed by atoms with van der Waals surface area (Å²) in [5.41, 5.74) is 0.426. The third-order valence-electron chi connectivity index (χ3n) is 1.55. The Bertz CT molecular complexity index is 419. The van der Waals surface area contributed by atoms with Gasteiger partial charge in [-0.3, -0.25) is 0 Å². The van der Waals surface area contributed by atoms with E-state index in [-0.39, 0.29) is 0 Å². The number of halogens is 1. The fourth-order valence-electron chi connectivity index (χ4n) is 0.941. The van der Waals surface area contributed by atoms with Gasteiger partial charge < -0.3 is 4.57 Å². The Morgan fingerprint density at radius 2 is 2.23 bits per heavy atom. The van der Waals surface area contributed by atoms with Crippen LogP contribution in [0.5, 0.6) is 0 Å². The van der Waals surface area contributed by atoms with E-state index in [0.717, 1.165) is 0 Å². The molecule has 0 spiro atoms. The van der Waals surface area contributed by atoms with Crippen molar-refractivity contribution < 1.29 is 4.57 Å². The Labute approximate surface area is 85.3 Å². The van der Waals surface area contributed by atoms with Gasteiger partial charge in [-0.2, -0.15) is 5.26 Å². The normalized spacial score (nSPS) is 10.9. The molecule has 1 heterocycles. The lowest BCUT2D eigenvalue weighted by Gasteiger charge is -2.07. The number of aromatic nitrogens is 1. The molecule has 1 aromatic rings. The third kappa shape index (κ3) is 2.40. The molecule has 0 bridgehead atoms. The van der Waals surface area contributed by atoms with Crippen molar-refractivity contribution >= 4 is 28.4 Å². The molecule has 0 aromatic carbocycles. The Balaban J connectivity index is 3.41. The molecule has 3 nitrogen and oxygen atoms in total. The van der Waals surface area contributed by atoms with Gasteiger partial charge in [-0.25, -0.2) is 4.98 Å². The van der Waals surface area contributed by atoms with Crippen LogP contribution in [-0.4, -0.2) is 18.3 Å². The fourth-order valence-corrected chi connectivity index (χ4v) is 2.30. The largest absolute Gasteiger partial charge is 0.319 e.